The number of nitrogens with two attached hydrogens (primary N) is 1. The molecule has 1 fully saturated rings. The van der Waals surface area contributed by atoms with Gasteiger partial charge in [-0.3, -0.25) is 4.79 Å². The lowest BCUT2D eigenvalue weighted by molar-refractivity contribution is -0.128. The maximum atomic E-state index is 11.9. The number of alkyl halides is 2. The van der Waals surface area contributed by atoms with Gasteiger partial charge >= 0.3 is 0 Å². The van der Waals surface area contributed by atoms with E-state index in [-0.39, 0.29) is 36.9 Å². The Labute approximate surface area is 106 Å². The van der Waals surface area contributed by atoms with Crippen LogP contribution in [0, 0.1) is 11.8 Å². The zero-order valence-corrected chi connectivity index (χ0v) is 10.7. The molecule has 0 bridgehead atoms. The minimum Gasteiger partial charge on any atom is -0.374 e. The van der Waals surface area contributed by atoms with E-state index in [1.807, 2.05) is 6.92 Å². The Morgan fingerprint density at radius 2 is 2.22 bits per heavy atom. The fourth-order valence-electron chi connectivity index (χ4n) is 2.32. The van der Waals surface area contributed by atoms with Crippen molar-refractivity contribution in [2.75, 3.05) is 19.8 Å². The first-order chi connectivity index (χ1) is 8.52. The fraction of sp³-hybridized carbons (Fsp3) is 0.917. The third kappa shape index (κ3) is 4.86. The number of carbonyl (C=O) groups is 1. The number of halogens is 2. The number of carbonyl (C=O) groups excluding carboxylic acids is 1. The van der Waals surface area contributed by atoms with E-state index in [4.69, 9.17) is 10.5 Å². The summed E-state index contributed by atoms with van der Waals surface area (Å²) in [6.45, 7) is 1.79. The van der Waals surface area contributed by atoms with Crippen molar-refractivity contribution < 1.29 is 18.3 Å². The summed E-state index contributed by atoms with van der Waals surface area (Å²) < 4.78 is 28.3. The molecule has 3 unspecified atom stereocenters. The molecule has 0 aromatic carbocycles. The minimum atomic E-state index is -2.46. The van der Waals surface area contributed by atoms with Gasteiger partial charge in [0.05, 0.1) is 6.61 Å². The van der Waals surface area contributed by atoms with E-state index in [9.17, 15) is 13.6 Å². The molecule has 1 aliphatic carbocycles. The third-order valence-corrected chi connectivity index (χ3v) is 3.49. The summed E-state index contributed by atoms with van der Waals surface area (Å²) in [5, 5.41) is 2.71. The van der Waals surface area contributed by atoms with Crippen molar-refractivity contribution in [3.63, 3.8) is 0 Å². The first kappa shape index (κ1) is 15.3. The van der Waals surface area contributed by atoms with E-state index < -0.39 is 13.0 Å². The Morgan fingerprint density at radius 3 is 2.89 bits per heavy atom. The fourth-order valence-corrected chi connectivity index (χ4v) is 2.32. The molecule has 0 heterocycles. The molecule has 0 aliphatic heterocycles. The quantitative estimate of drug-likeness (QED) is 0.707. The van der Waals surface area contributed by atoms with Gasteiger partial charge in [0.1, 0.15) is 6.61 Å². The van der Waals surface area contributed by atoms with Crippen LogP contribution in [-0.4, -0.2) is 38.1 Å². The molecule has 1 saturated carbocycles. The number of rotatable bonds is 6. The van der Waals surface area contributed by atoms with E-state index in [1.165, 1.54) is 0 Å². The van der Waals surface area contributed by atoms with Crippen LogP contribution in [0.5, 0.6) is 0 Å². The standard InChI is InChI=1S/C12H22F2N2O2/c1-8-9(3-2-4-10(8)15)12(17)16-5-6-18-7-11(13)14/h8-11H,2-7,15H2,1H3,(H,16,17). The molecule has 6 heteroatoms. The second kappa shape index (κ2) is 7.63. The van der Waals surface area contributed by atoms with Crippen LogP contribution in [0.4, 0.5) is 8.78 Å². The lowest BCUT2D eigenvalue weighted by Gasteiger charge is -2.32. The molecular formula is C12H22F2N2O2. The van der Waals surface area contributed by atoms with E-state index >= 15 is 0 Å². The highest BCUT2D eigenvalue weighted by Crippen LogP contribution is 2.28. The maximum absolute atomic E-state index is 11.9. The van der Waals surface area contributed by atoms with Gasteiger partial charge in [0.25, 0.3) is 6.43 Å². The third-order valence-electron chi connectivity index (χ3n) is 3.49. The van der Waals surface area contributed by atoms with Crippen LogP contribution < -0.4 is 11.1 Å². The van der Waals surface area contributed by atoms with Crippen molar-refractivity contribution in [2.45, 2.75) is 38.7 Å². The Hall–Kier alpha value is -0.750. The zero-order chi connectivity index (χ0) is 13.5. The van der Waals surface area contributed by atoms with Crippen molar-refractivity contribution in [3.05, 3.63) is 0 Å². The summed E-state index contributed by atoms with van der Waals surface area (Å²) in [4.78, 5) is 11.9. The molecule has 106 valence electrons. The largest absolute Gasteiger partial charge is 0.374 e. The van der Waals surface area contributed by atoms with Crippen LogP contribution >= 0.6 is 0 Å². The van der Waals surface area contributed by atoms with Gasteiger partial charge < -0.3 is 15.8 Å². The summed E-state index contributed by atoms with van der Waals surface area (Å²) in [7, 11) is 0. The molecule has 0 aromatic rings. The molecule has 1 aliphatic rings. The molecule has 0 aromatic heterocycles. The highest BCUT2D eigenvalue weighted by atomic mass is 19.3. The molecule has 3 atom stereocenters. The highest BCUT2D eigenvalue weighted by molar-refractivity contribution is 5.79. The van der Waals surface area contributed by atoms with E-state index in [0.29, 0.717) is 0 Å². The number of amides is 1. The topological polar surface area (TPSA) is 64.4 Å². The van der Waals surface area contributed by atoms with Crippen LogP contribution in [0.25, 0.3) is 0 Å². The molecule has 18 heavy (non-hydrogen) atoms. The molecule has 0 radical (unpaired) electrons. The van der Waals surface area contributed by atoms with Crippen LogP contribution in [-0.2, 0) is 9.53 Å². The molecule has 4 nitrogen and oxygen atoms in total. The summed E-state index contributed by atoms with van der Waals surface area (Å²) in [6, 6.07) is 0.0737. The van der Waals surface area contributed by atoms with Gasteiger partial charge in [0.2, 0.25) is 5.91 Å². The highest BCUT2D eigenvalue weighted by Gasteiger charge is 2.32. The average molecular weight is 264 g/mol. The monoisotopic (exact) mass is 264 g/mol. The Bertz CT molecular complexity index is 264. The lowest BCUT2D eigenvalue weighted by Crippen LogP contribution is -2.44. The average Bonchev–Trinajstić information content (AvgIpc) is 2.31. The molecule has 1 amide bonds. The summed E-state index contributed by atoms with van der Waals surface area (Å²) >= 11 is 0. The maximum Gasteiger partial charge on any atom is 0.261 e. The molecule has 3 N–H and O–H groups in total. The molecular weight excluding hydrogens is 242 g/mol. The van der Waals surface area contributed by atoms with Crippen molar-refractivity contribution in [1.29, 1.82) is 0 Å². The van der Waals surface area contributed by atoms with Gasteiger partial charge in [-0.1, -0.05) is 13.3 Å². The van der Waals surface area contributed by atoms with Crippen LogP contribution in [0.3, 0.4) is 0 Å². The minimum absolute atomic E-state index is 0.0432. The first-order valence-electron chi connectivity index (χ1n) is 6.41. The second-order valence-corrected chi connectivity index (χ2v) is 4.82. The molecule has 0 spiro atoms. The SMILES string of the molecule is CC1C(N)CCCC1C(=O)NCCOCC(F)F. The summed E-state index contributed by atoms with van der Waals surface area (Å²) in [5.41, 5.74) is 5.93. The van der Waals surface area contributed by atoms with E-state index in [0.717, 1.165) is 19.3 Å². The van der Waals surface area contributed by atoms with Crippen LogP contribution in [0.2, 0.25) is 0 Å². The predicted molar refractivity (Wildman–Crippen MR) is 64.3 cm³/mol. The number of hydrogen-bond acceptors (Lipinski definition) is 3. The van der Waals surface area contributed by atoms with Gasteiger partial charge in [0, 0.05) is 18.5 Å². The number of hydrogen-bond donors (Lipinski definition) is 2. The smallest absolute Gasteiger partial charge is 0.261 e. The predicted octanol–water partition coefficient (Wildman–Crippen LogP) is 1.15. The Balaban J connectivity index is 2.19. The second-order valence-electron chi connectivity index (χ2n) is 4.82. The van der Waals surface area contributed by atoms with Gasteiger partial charge in [-0.2, -0.15) is 0 Å². The van der Waals surface area contributed by atoms with E-state index in [2.05, 4.69) is 5.32 Å². The van der Waals surface area contributed by atoms with Gasteiger partial charge in [-0.15, -0.1) is 0 Å². The summed E-state index contributed by atoms with van der Waals surface area (Å²) in [5.74, 6) is 0.0582. The summed E-state index contributed by atoms with van der Waals surface area (Å²) in [6.07, 6.45) is 0.309. The van der Waals surface area contributed by atoms with Gasteiger partial charge in [-0.05, 0) is 18.8 Å². The van der Waals surface area contributed by atoms with E-state index in [1.54, 1.807) is 0 Å². The normalized spacial score (nSPS) is 28.4. The Kier molecular flexibility index (Phi) is 6.49. The molecule has 1 rings (SSSR count). The van der Waals surface area contributed by atoms with Crippen LogP contribution in [0.1, 0.15) is 26.2 Å². The van der Waals surface area contributed by atoms with Crippen molar-refractivity contribution in [3.8, 4) is 0 Å². The lowest BCUT2D eigenvalue weighted by atomic mass is 9.77. The number of nitrogens with one attached hydrogen (secondary N) is 1. The van der Waals surface area contributed by atoms with Crippen LogP contribution in [0.15, 0.2) is 0 Å². The zero-order valence-electron chi connectivity index (χ0n) is 10.7. The van der Waals surface area contributed by atoms with Crippen molar-refractivity contribution in [1.82, 2.24) is 5.32 Å². The van der Waals surface area contributed by atoms with Crippen molar-refractivity contribution >= 4 is 5.91 Å². The first-order valence-corrected chi connectivity index (χ1v) is 6.41. The molecule has 0 saturated heterocycles. The Morgan fingerprint density at radius 1 is 1.50 bits per heavy atom. The van der Waals surface area contributed by atoms with Gasteiger partial charge in [-0.25, -0.2) is 8.78 Å². The number of ether oxygens (including phenoxy) is 1. The van der Waals surface area contributed by atoms with Crippen molar-refractivity contribution in [2.24, 2.45) is 17.6 Å². The van der Waals surface area contributed by atoms with Gasteiger partial charge in [0.15, 0.2) is 0 Å².